The normalized spacial score (nSPS) is 20.1. The van der Waals surface area contributed by atoms with Gasteiger partial charge in [-0.25, -0.2) is 4.79 Å². The molecule has 0 spiro atoms. The number of hydrogen-bond donors (Lipinski definition) is 1. The predicted octanol–water partition coefficient (Wildman–Crippen LogP) is 2.67. The van der Waals surface area contributed by atoms with Crippen molar-refractivity contribution in [3.8, 4) is 0 Å². The number of anilines is 1. The van der Waals surface area contributed by atoms with Crippen molar-refractivity contribution in [1.29, 1.82) is 0 Å². The van der Waals surface area contributed by atoms with Crippen molar-refractivity contribution < 1.29 is 14.7 Å². The second-order valence-electron chi connectivity index (χ2n) is 5.79. The van der Waals surface area contributed by atoms with Crippen molar-refractivity contribution in [2.45, 2.75) is 31.6 Å². The van der Waals surface area contributed by atoms with Gasteiger partial charge >= 0.3 is 6.09 Å². The lowest BCUT2D eigenvalue weighted by atomic mass is 9.89. The largest absolute Gasteiger partial charge is 0.465 e. The van der Waals surface area contributed by atoms with E-state index in [1.165, 1.54) is 10.5 Å². The van der Waals surface area contributed by atoms with Gasteiger partial charge in [0, 0.05) is 31.7 Å². The highest BCUT2D eigenvalue weighted by molar-refractivity contribution is 5.95. The summed E-state index contributed by atoms with van der Waals surface area (Å²) in [4.78, 5) is 26.1. The van der Waals surface area contributed by atoms with E-state index in [9.17, 15) is 9.59 Å². The average Bonchev–Trinajstić information content (AvgIpc) is 2.94. The lowest BCUT2D eigenvalue weighted by molar-refractivity contribution is -0.117. The van der Waals surface area contributed by atoms with Crippen LogP contribution in [0.1, 0.15) is 37.2 Å². The molecular formula is C16H20N2O3. The molecule has 1 aromatic rings. The highest BCUT2D eigenvalue weighted by atomic mass is 16.4. The summed E-state index contributed by atoms with van der Waals surface area (Å²) < 4.78 is 0. The Morgan fingerprint density at radius 3 is 2.57 bits per heavy atom. The Morgan fingerprint density at radius 1 is 1.19 bits per heavy atom. The molecule has 1 N–H and O–H groups in total. The number of benzene rings is 1. The zero-order valence-electron chi connectivity index (χ0n) is 12.0. The molecule has 2 amide bonds. The zero-order chi connectivity index (χ0) is 14.8. The fraction of sp³-hybridized carbons (Fsp3) is 0.500. The lowest BCUT2D eigenvalue weighted by Gasteiger charge is -2.30. The fourth-order valence-electron chi connectivity index (χ4n) is 3.27. The summed E-state index contributed by atoms with van der Waals surface area (Å²) in [7, 11) is 0. The number of likely N-dealkylation sites (tertiary alicyclic amines) is 1. The third kappa shape index (κ3) is 2.86. The Labute approximate surface area is 124 Å². The molecule has 2 aliphatic heterocycles. The van der Waals surface area contributed by atoms with E-state index in [-0.39, 0.29) is 5.91 Å². The minimum atomic E-state index is -0.829. The van der Waals surface area contributed by atoms with Gasteiger partial charge in [0.05, 0.1) is 0 Å². The Bertz CT molecular complexity index is 550. The minimum Gasteiger partial charge on any atom is -0.465 e. The predicted molar refractivity (Wildman–Crippen MR) is 79.6 cm³/mol. The third-order valence-electron chi connectivity index (χ3n) is 4.49. The summed E-state index contributed by atoms with van der Waals surface area (Å²) >= 11 is 0. The van der Waals surface area contributed by atoms with E-state index in [1.807, 2.05) is 17.0 Å². The molecule has 112 valence electrons. The van der Waals surface area contributed by atoms with Crippen LogP contribution in [-0.2, 0) is 4.79 Å². The first-order chi connectivity index (χ1) is 10.1. The Morgan fingerprint density at radius 2 is 1.95 bits per heavy atom. The lowest BCUT2D eigenvalue weighted by Crippen LogP contribution is -2.36. The molecule has 2 saturated heterocycles. The summed E-state index contributed by atoms with van der Waals surface area (Å²) in [6.07, 6.45) is 2.44. The summed E-state index contributed by atoms with van der Waals surface area (Å²) in [5.74, 6) is 0.589. The topological polar surface area (TPSA) is 60.9 Å². The van der Waals surface area contributed by atoms with Crippen LogP contribution in [0.25, 0.3) is 0 Å². The van der Waals surface area contributed by atoms with Gasteiger partial charge in [0.2, 0.25) is 5.91 Å². The minimum absolute atomic E-state index is 0.202. The van der Waals surface area contributed by atoms with Crippen molar-refractivity contribution in [3.05, 3.63) is 29.8 Å². The van der Waals surface area contributed by atoms with Gasteiger partial charge in [-0.15, -0.1) is 0 Å². The highest BCUT2D eigenvalue weighted by Gasteiger charge is 2.25. The molecule has 1 aromatic carbocycles. The number of carboxylic acid groups (broad SMARTS) is 1. The zero-order valence-corrected chi connectivity index (χ0v) is 12.0. The molecule has 5 heteroatoms. The SMILES string of the molecule is O=C(O)N1CCC(c2cccc(N3CCCC3=O)c2)CC1. The van der Waals surface area contributed by atoms with Crippen molar-refractivity contribution >= 4 is 17.7 Å². The number of hydrogen-bond acceptors (Lipinski definition) is 2. The van der Waals surface area contributed by atoms with E-state index in [4.69, 9.17) is 5.11 Å². The van der Waals surface area contributed by atoms with Gasteiger partial charge in [0.1, 0.15) is 0 Å². The number of amides is 2. The van der Waals surface area contributed by atoms with Crippen molar-refractivity contribution in [2.75, 3.05) is 24.5 Å². The van der Waals surface area contributed by atoms with E-state index < -0.39 is 6.09 Å². The van der Waals surface area contributed by atoms with Crippen LogP contribution >= 0.6 is 0 Å². The maximum absolute atomic E-state index is 11.8. The molecule has 0 bridgehead atoms. The number of carbonyl (C=O) groups is 2. The van der Waals surface area contributed by atoms with Crippen LogP contribution in [0.2, 0.25) is 0 Å². The first-order valence-corrected chi connectivity index (χ1v) is 7.53. The summed E-state index contributed by atoms with van der Waals surface area (Å²) in [5.41, 5.74) is 2.20. The van der Waals surface area contributed by atoms with E-state index in [1.54, 1.807) is 0 Å². The summed E-state index contributed by atoms with van der Waals surface area (Å²) in [6.45, 7) is 1.99. The van der Waals surface area contributed by atoms with Gasteiger partial charge in [0.15, 0.2) is 0 Å². The van der Waals surface area contributed by atoms with Gasteiger partial charge in [0.25, 0.3) is 0 Å². The van der Waals surface area contributed by atoms with Crippen LogP contribution in [0.15, 0.2) is 24.3 Å². The molecule has 0 atom stereocenters. The van der Waals surface area contributed by atoms with Gasteiger partial charge in [-0.2, -0.15) is 0 Å². The molecule has 0 radical (unpaired) electrons. The number of nitrogens with zero attached hydrogens (tertiary/aromatic N) is 2. The van der Waals surface area contributed by atoms with E-state index in [0.29, 0.717) is 25.4 Å². The molecular weight excluding hydrogens is 268 g/mol. The van der Waals surface area contributed by atoms with Crippen LogP contribution in [0, 0.1) is 0 Å². The first-order valence-electron chi connectivity index (χ1n) is 7.53. The molecule has 2 aliphatic rings. The van der Waals surface area contributed by atoms with E-state index >= 15 is 0 Å². The average molecular weight is 288 g/mol. The monoisotopic (exact) mass is 288 g/mol. The maximum Gasteiger partial charge on any atom is 0.407 e. The van der Waals surface area contributed by atoms with Crippen LogP contribution in [-0.4, -0.2) is 41.6 Å². The first kappa shape index (κ1) is 13.9. The molecule has 0 aliphatic carbocycles. The Kier molecular flexibility index (Phi) is 3.82. The van der Waals surface area contributed by atoms with Crippen LogP contribution in [0.3, 0.4) is 0 Å². The number of rotatable bonds is 2. The van der Waals surface area contributed by atoms with Crippen molar-refractivity contribution in [3.63, 3.8) is 0 Å². The number of piperidine rings is 1. The second kappa shape index (κ2) is 5.76. The quantitative estimate of drug-likeness (QED) is 0.910. The molecule has 0 saturated carbocycles. The third-order valence-corrected chi connectivity index (χ3v) is 4.49. The van der Waals surface area contributed by atoms with Gasteiger partial charge < -0.3 is 14.9 Å². The fourth-order valence-corrected chi connectivity index (χ4v) is 3.27. The molecule has 0 unspecified atom stereocenters. The smallest absolute Gasteiger partial charge is 0.407 e. The van der Waals surface area contributed by atoms with Gasteiger partial charge in [-0.3, -0.25) is 4.79 Å². The standard InChI is InChI=1S/C16H20N2O3/c19-15-5-2-8-18(15)14-4-1-3-13(11-14)12-6-9-17(10-7-12)16(20)21/h1,3-4,11-12H,2,5-10H2,(H,20,21). The molecule has 2 fully saturated rings. The van der Waals surface area contributed by atoms with Gasteiger partial charge in [-0.05, 0) is 42.9 Å². The van der Waals surface area contributed by atoms with E-state index in [0.717, 1.165) is 31.5 Å². The maximum atomic E-state index is 11.8. The molecule has 3 rings (SSSR count). The Hall–Kier alpha value is -2.04. The van der Waals surface area contributed by atoms with E-state index in [2.05, 4.69) is 12.1 Å². The van der Waals surface area contributed by atoms with Crippen LogP contribution in [0.4, 0.5) is 10.5 Å². The highest BCUT2D eigenvalue weighted by Crippen LogP contribution is 2.31. The van der Waals surface area contributed by atoms with Gasteiger partial charge in [-0.1, -0.05) is 12.1 Å². The van der Waals surface area contributed by atoms with Crippen molar-refractivity contribution in [1.82, 2.24) is 4.90 Å². The summed E-state index contributed by atoms with van der Waals surface area (Å²) in [6, 6.07) is 8.17. The number of carbonyl (C=O) groups excluding carboxylic acids is 1. The van der Waals surface area contributed by atoms with Crippen LogP contribution < -0.4 is 4.90 Å². The Balaban J connectivity index is 1.72. The van der Waals surface area contributed by atoms with Crippen LogP contribution in [0.5, 0.6) is 0 Å². The molecule has 21 heavy (non-hydrogen) atoms. The van der Waals surface area contributed by atoms with Crippen molar-refractivity contribution in [2.24, 2.45) is 0 Å². The molecule has 2 heterocycles. The summed E-state index contributed by atoms with van der Waals surface area (Å²) in [5, 5.41) is 8.99. The molecule has 5 nitrogen and oxygen atoms in total. The molecule has 0 aromatic heterocycles. The second-order valence-corrected chi connectivity index (χ2v) is 5.79.